The van der Waals surface area contributed by atoms with E-state index in [1.54, 1.807) is 6.20 Å². The number of hydrogen-bond donors (Lipinski definition) is 1. The second-order valence-electron chi connectivity index (χ2n) is 8.77. The van der Waals surface area contributed by atoms with Crippen LogP contribution < -0.4 is 4.90 Å². The van der Waals surface area contributed by atoms with Crippen molar-refractivity contribution in [2.24, 2.45) is 0 Å². The van der Waals surface area contributed by atoms with Crippen molar-refractivity contribution in [1.82, 2.24) is 44.9 Å². The summed E-state index contributed by atoms with van der Waals surface area (Å²) in [5.74, 6) is -0.0638. The van der Waals surface area contributed by atoms with Crippen LogP contribution in [0.5, 0.6) is 0 Å². The van der Waals surface area contributed by atoms with Gasteiger partial charge in [0, 0.05) is 57.0 Å². The van der Waals surface area contributed by atoms with E-state index in [2.05, 4.69) is 40.4 Å². The van der Waals surface area contributed by atoms with E-state index in [1.807, 2.05) is 18.2 Å². The molecule has 0 radical (unpaired) electrons. The van der Waals surface area contributed by atoms with Crippen LogP contribution in [0.2, 0.25) is 0 Å². The first kappa shape index (κ1) is 23.9. The molecular formula is C23H26F2N10O. The largest absolute Gasteiger partial charge is 0.381 e. The lowest BCUT2D eigenvalue weighted by atomic mass is 9.92. The van der Waals surface area contributed by atoms with Gasteiger partial charge in [-0.25, -0.2) is 28.1 Å². The SMILES string of the molecule is OC(Cn1cncn1)(Cn1nnnc1CCN1CCN(c2ccccn2)CC1)c1ccc(F)cc1F. The van der Waals surface area contributed by atoms with Crippen molar-refractivity contribution in [1.29, 1.82) is 0 Å². The molecule has 1 saturated heterocycles. The highest BCUT2D eigenvalue weighted by molar-refractivity contribution is 5.38. The zero-order valence-electron chi connectivity index (χ0n) is 19.5. The lowest BCUT2D eigenvalue weighted by Crippen LogP contribution is -2.47. The minimum absolute atomic E-state index is 0.0773. The van der Waals surface area contributed by atoms with E-state index in [0.29, 0.717) is 12.2 Å². The number of tetrazole rings is 1. The summed E-state index contributed by atoms with van der Waals surface area (Å²) < 4.78 is 31.1. The maximum Gasteiger partial charge on any atom is 0.152 e. The second kappa shape index (κ2) is 10.4. The first-order chi connectivity index (χ1) is 17.5. The summed E-state index contributed by atoms with van der Waals surface area (Å²) in [6, 6.07) is 8.97. The molecule has 1 atom stereocenters. The molecule has 1 N–H and O–H groups in total. The van der Waals surface area contributed by atoms with E-state index < -0.39 is 17.2 Å². The molecule has 0 saturated carbocycles. The van der Waals surface area contributed by atoms with E-state index in [1.165, 1.54) is 28.1 Å². The molecule has 0 bridgehead atoms. The van der Waals surface area contributed by atoms with Gasteiger partial charge in [0.05, 0.1) is 13.1 Å². The molecule has 36 heavy (non-hydrogen) atoms. The average molecular weight is 497 g/mol. The monoisotopic (exact) mass is 496 g/mol. The van der Waals surface area contributed by atoms with Crippen LogP contribution in [0.3, 0.4) is 0 Å². The molecule has 11 nitrogen and oxygen atoms in total. The second-order valence-corrected chi connectivity index (χ2v) is 8.77. The summed E-state index contributed by atoms with van der Waals surface area (Å²) in [7, 11) is 0. The number of aliphatic hydroxyl groups is 1. The highest BCUT2D eigenvalue weighted by Gasteiger charge is 2.35. The zero-order valence-corrected chi connectivity index (χ0v) is 19.5. The lowest BCUT2D eigenvalue weighted by Gasteiger charge is -2.35. The van der Waals surface area contributed by atoms with Gasteiger partial charge < -0.3 is 10.0 Å². The Labute approximate surface area is 206 Å². The normalized spacial score (nSPS) is 16.2. The van der Waals surface area contributed by atoms with Crippen molar-refractivity contribution >= 4 is 5.82 Å². The third-order valence-corrected chi connectivity index (χ3v) is 6.34. The predicted octanol–water partition coefficient (Wildman–Crippen LogP) is 0.891. The molecule has 4 heterocycles. The van der Waals surface area contributed by atoms with Gasteiger partial charge in [-0.3, -0.25) is 4.90 Å². The van der Waals surface area contributed by atoms with Crippen LogP contribution in [0.15, 0.2) is 55.2 Å². The van der Waals surface area contributed by atoms with Crippen LogP contribution in [0.1, 0.15) is 11.4 Å². The topological polar surface area (TPSA) is 114 Å². The minimum atomic E-state index is -1.80. The molecule has 1 unspecified atom stereocenters. The molecule has 0 aliphatic carbocycles. The van der Waals surface area contributed by atoms with E-state index in [9.17, 15) is 13.9 Å². The fraction of sp³-hybridized carbons (Fsp3) is 0.391. The number of rotatable bonds is 9. The number of hydrogen-bond acceptors (Lipinski definition) is 9. The Hall–Kier alpha value is -3.84. The van der Waals surface area contributed by atoms with Crippen LogP contribution in [-0.4, -0.2) is 82.7 Å². The molecule has 1 aliphatic rings. The number of aromatic nitrogens is 8. The molecule has 4 aromatic rings. The fourth-order valence-corrected chi connectivity index (χ4v) is 4.44. The third kappa shape index (κ3) is 5.36. The van der Waals surface area contributed by atoms with E-state index in [-0.39, 0.29) is 18.7 Å². The van der Waals surface area contributed by atoms with E-state index >= 15 is 0 Å². The zero-order chi connectivity index (χ0) is 25.0. The first-order valence-electron chi connectivity index (χ1n) is 11.6. The predicted molar refractivity (Wildman–Crippen MR) is 125 cm³/mol. The van der Waals surface area contributed by atoms with Crippen LogP contribution in [0.25, 0.3) is 0 Å². The van der Waals surface area contributed by atoms with Crippen LogP contribution in [-0.2, 0) is 25.1 Å². The van der Waals surface area contributed by atoms with Crippen LogP contribution in [0.4, 0.5) is 14.6 Å². The van der Waals surface area contributed by atoms with Crippen molar-refractivity contribution in [2.75, 3.05) is 37.6 Å². The Kier molecular flexibility index (Phi) is 6.91. The highest BCUT2D eigenvalue weighted by Crippen LogP contribution is 2.28. The molecule has 1 aliphatic heterocycles. The molecule has 1 fully saturated rings. The number of piperazine rings is 1. The summed E-state index contributed by atoms with van der Waals surface area (Å²) >= 11 is 0. The minimum Gasteiger partial charge on any atom is -0.381 e. The first-order valence-corrected chi connectivity index (χ1v) is 11.6. The molecule has 0 spiro atoms. The molecule has 5 rings (SSSR count). The van der Waals surface area contributed by atoms with E-state index in [0.717, 1.165) is 50.7 Å². The number of halogens is 2. The van der Waals surface area contributed by atoms with Crippen molar-refractivity contribution in [3.8, 4) is 0 Å². The summed E-state index contributed by atoms with van der Waals surface area (Å²) in [5, 5.41) is 27.6. The van der Waals surface area contributed by atoms with Gasteiger partial charge in [0.25, 0.3) is 0 Å². The fourth-order valence-electron chi connectivity index (χ4n) is 4.44. The molecule has 3 aromatic heterocycles. The summed E-state index contributed by atoms with van der Waals surface area (Å²) in [6.45, 7) is 3.93. The summed E-state index contributed by atoms with van der Waals surface area (Å²) in [6.07, 6.45) is 5.07. The smallest absolute Gasteiger partial charge is 0.152 e. The molecule has 188 valence electrons. The maximum atomic E-state index is 14.7. The highest BCUT2D eigenvalue weighted by atomic mass is 19.1. The van der Waals surface area contributed by atoms with Gasteiger partial charge in [0.1, 0.15) is 35.7 Å². The molecule has 0 amide bonds. The van der Waals surface area contributed by atoms with Gasteiger partial charge in [0.2, 0.25) is 0 Å². The Bertz CT molecular complexity index is 1260. The quantitative estimate of drug-likeness (QED) is 0.361. The van der Waals surface area contributed by atoms with Crippen molar-refractivity contribution in [3.05, 3.63) is 78.3 Å². The molecule has 13 heteroatoms. The van der Waals surface area contributed by atoms with Crippen molar-refractivity contribution in [2.45, 2.75) is 25.1 Å². The summed E-state index contributed by atoms with van der Waals surface area (Å²) in [5.41, 5.74) is -1.88. The number of anilines is 1. The Balaban J connectivity index is 1.27. The molecular weight excluding hydrogens is 470 g/mol. The van der Waals surface area contributed by atoms with Gasteiger partial charge >= 0.3 is 0 Å². The van der Waals surface area contributed by atoms with Gasteiger partial charge in [0.15, 0.2) is 5.82 Å². The van der Waals surface area contributed by atoms with Crippen molar-refractivity contribution in [3.63, 3.8) is 0 Å². The summed E-state index contributed by atoms with van der Waals surface area (Å²) in [4.78, 5) is 12.9. The molecule has 1 aromatic carbocycles. The number of benzene rings is 1. The number of nitrogens with zero attached hydrogens (tertiary/aromatic N) is 10. The van der Waals surface area contributed by atoms with Crippen LogP contribution in [0, 0.1) is 11.6 Å². The Morgan fingerprint density at radius 1 is 1.03 bits per heavy atom. The van der Waals surface area contributed by atoms with Crippen molar-refractivity contribution < 1.29 is 13.9 Å². The standard InChI is InChI=1S/C23H26F2N10O/c24-18-4-5-19(20(25)13-18)23(36,14-34-17-26-16-28-34)15-35-22(29-30-31-35)6-8-32-9-11-33(12-10-32)21-3-1-2-7-27-21/h1-5,7,13,16-17,36H,6,8-12,14-15H2. The van der Waals surface area contributed by atoms with Gasteiger partial charge in [-0.05, 0) is 28.6 Å². The van der Waals surface area contributed by atoms with Gasteiger partial charge in [-0.15, -0.1) is 5.10 Å². The Morgan fingerprint density at radius 3 is 2.61 bits per heavy atom. The Morgan fingerprint density at radius 2 is 1.89 bits per heavy atom. The average Bonchev–Trinajstić information content (AvgIpc) is 3.55. The number of pyridine rings is 1. The third-order valence-electron chi connectivity index (χ3n) is 6.34. The van der Waals surface area contributed by atoms with Gasteiger partial charge in [-0.2, -0.15) is 5.10 Å². The lowest BCUT2D eigenvalue weighted by molar-refractivity contribution is -0.00975. The maximum absolute atomic E-state index is 14.7. The van der Waals surface area contributed by atoms with E-state index in [4.69, 9.17) is 0 Å². The van der Waals surface area contributed by atoms with Gasteiger partial charge in [-0.1, -0.05) is 12.1 Å². The van der Waals surface area contributed by atoms with Crippen LogP contribution >= 0.6 is 0 Å².